The van der Waals surface area contributed by atoms with Crippen molar-refractivity contribution in [3.05, 3.63) is 198 Å². The molecular formula is C51H38N4O. The molecule has 1 aliphatic carbocycles. The number of nitrogens with zero attached hydrogens (tertiary/aromatic N) is 4. The minimum absolute atomic E-state index is 0.107. The minimum Gasteiger partial charge on any atom is -0.507 e. The van der Waals surface area contributed by atoms with Gasteiger partial charge in [0.25, 0.3) is 0 Å². The van der Waals surface area contributed by atoms with Gasteiger partial charge in [0, 0.05) is 28.3 Å². The summed E-state index contributed by atoms with van der Waals surface area (Å²) in [4.78, 5) is 19.9. The first kappa shape index (κ1) is 33.6. The number of phenolic OH excluding ortho intramolecular Hbond substituents is 1. The fourth-order valence-electron chi connectivity index (χ4n) is 8.57. The Kier molecular flexibility index (Phi) is 7.68. The van der Waals surface area contributed by atoms with Crippen LogP contribution in [0.3, 0.4) is 0 Å². The predicted octanol–water partition coefficient (Wildman–Crippen LogP) is 11.9. The van der Waals surface area contributed by atoms with Gasteiger partial charge in [-0.3, -0.25) is 9.97 Å². The molecule has 6 aromatic carbocycles. The van der Waals surface area contributed by atoms with Crippen molar-refractivity contribution in [3.8, 4) is 50.6 Å². The van der Waals surface area contributed by atoms with Gasteiger partial charge in [-0.15, -0.1) is 0 Å². The van der Waals surface area contributed by atoms with Crippen LogP contribution in [0.5, 0.6) is 5.75 Å². The average molecular weight is 723 g/mol. The van der Waals surface area contributed by atoms with Crippen LogP contribution in [0.4, 0.5) is 0 Å². The Morgan fingerprint density at radius 2 is 1.27 bits per heavy atom. The molecule has 10 rings (SSSR count). The van der Waals surface area contributed by atoms with Crippen molar-refractivity contribution in [3.63, 3.8) is 0 Å². The normalized spacial score (nSPS) is 14.8. The molecule has 0 amide bonds. The van der Waals surface area contributed by atoms with Crippen LogP contribution < -0.4 is 0 Å². The Morgan fingerprint density at radius 1 is 0.536 bits per heavy atom. The van der Waals surface area contributed by atoms with Gasteiger partial charge in [0.15, 0.2) is 0 Å². The van der Waals surface area contributed by atoms with Crippen LogP contribution in [0.1, 0.15) is 48.7 Å². The number of para-hydroxylation sites is 1. The molecule has 56 heavy (non-hydrogen) atoms. The van der Waals surface area contributed by atoms with Crippen LogP contribution in [0.25, 0.3) is 66.6 Å². The fourth-order valence-corrected chi connectivity index (χ4v) is 8.57. The number of fused-ring (bicyclic) bond motifs is 5. The summed E-state index contributed by atoms with van der Waals surface area (Å²) in [6, 6.07) is 54.9. The van der Waals surface area contributed by atoms with Crippen molar-refractivity contribution >= 4 is 21.7 Å². The summed E-state index contributed by atoms with van der Waals surface area (Å²) >= 11 is 0. The zero-order chi connectivity index (χ0) is 38.0. The highest BCUT2D eigenvalue weighted by atomic mass is 16.3. The maximum absolute atomic E-state index is 11.1. The van der Waals surface area contributed by atoms with Crippen molar-refractivity contribution in [1.82, 2.24) is 19.9 Å². The quantitative estimate of drug-likeness (QED) is 0.179. The molecule has 3 aromatic heterocycles. The monoisotopic (exact) mass is 722 g/mol. The molecule has 3 heterocycles. The highest BCUT2D eigenvalue weighted by Crippen LogP contribution is 2.57. The van der Waals surface area contributed by atoms with Gasteiger partial charge in [0.05, 0.1) is 33.7 Å². The molecule has 1 N–H and O–H groups in total. The van der Waals surface area contributed by atoms with Crippen LogP contribution >= 0.6 is 0 Å². The molecule has 0 fully saturated rings. The molecule has 0 spiro atoms. The van der Waals surface area contributed by atoms with E-state index in [2.05, 4.69) is 136 Å². The Bertz CT molecular complexity index is 2980. The lowest BCUT2D eigenvalue weighted by molar-refractivity contribution is 0.477. The third-order valence-corrected chi connectivity index (χ3v) is 11.3. The van der Waals surface area contributed by atoms with Gasteiger partial charge in [0.1, 0.15) is 12.1 Å². The Labute approximate surface area is 326 Å². The average Bonchev–Trinajstić information content (AvgIpc) is 3.53. The maximum atomic E-state index is 11.1. The number of benzene rings is 6. The second-order valence-corrected chi connectivity index (χ2v) is 15.7. The third-order valence-electron chi connectivity index (χ3n) is 11.3. The van der Waals surface area contributed by atoms with Crippen LogP contribution in [0, 0.1) is 0 Å². The summed E-state index contributed by atoms with van der Waals surface area (Å²) in [5, 5.41) is 14.3. The lowest BCUT2D eigenvalue weighted by Crippen LogP contribution is -2.30. The molecule has 0 saturated carbocycles. The molecule has 0 bridgehead atoms. The molecule has 0 saturated heterocycles. The van der Waals surface area contributed by atoms with Crippen molar-refractivity contribution in [2.45, 2.75) is 31.6 Å². The van der Waals surface area contributed by atoms with Gasteiger partial charge in [-0.05, 0) is 110 Å². The SMILES string of the molecule is CC(C)(C)c1ccc2c(c1)C(c1cccc(-c3ncnc4cc5ccccc5cc34)c1)(c1cccc(-c3ccccc3O)n1)c1cc(-c3ccccn3)ccc1-2. The van der Waals surface area contributed by atoms with E-state index in [0.717, 1.165) is 72.1 Å². The second kappa shape index (κ2) is 12.8. The van der Waals surface area contributed by atoms with E-state index in [1.54, 1.807) is 12.4 Å². The van der Waals surface area contributed by atoms with E-state index < -0.39 is 5.41 Å². The first-order chi connectivity index (χ1) is 27.3. The standard InChI is InChI=1S/C51H38N4O/c1-50(2,3)36-22-24-39-38-23-21-34(44-17-8-9-25-52-44)28-42(38)51(43(39)30-36,48-20-11-18-45(55-48)40-16-6-7-19-47(40)56)37-15-10-14-35(26-37)49-41-27-32-12-4-5-13-33(32)29-46(41)53-31-54-49/h4-31,56H,1-3H3. The van der Waals surface area contributed by atoms with E-state index in [9.17, 15) is 5.11 Å². The van der Waals surface area contributed by atoms with E-state index in [1.807, 2.05) is 42.6 Å². The van der Waals surface area contributed by atoms with E-state index in [4.69, 9.17) is 19.9 Å². The number of aromatic hydroxyl groups is 1. The molecule has 5 nitrogen and oxygen atoms in total. The second-order valence-electron chi connectivity index (χ2n) is 15.7. The Morgan fingerprint density at radius 3 is 2.07 bits per heavy atom. The number of pyridine rings is 2. The van der Waals surface area contributed by atoms with Crippen molar-refractivity contribution in [1.29, 1.82) is 0 Å². The maximum Gasteiger partial charge on any atom is 0.124 e. The first-order valence-corrected chi connectivity index (χ1v) is 19.0. The zero-order valence-electron chi connectivity index (χ0n) is 31.4. The number of hydrogen-bond donors (Lipinski definition) is 1. The third kappa shape index (κ3) is 5.30. The topological polar surface area (TPSA) is 71.8 Å². The van der Waals surface area contributed by atoms with Gasteiger partial charge in [-0.25, -0.2) is 9.97 Å². The lowest BCUT2D eigenvalue weighted by Gasteiger charge is -2.34. The van der Waals surface area contributed by atoms with Crippen LogP contribution in [0.15, 0.2) is 170 Å². The van der Waals surface area contributed by atoms with E-state index in [-0.39, 0.29) is 11.2 Å². The predicted molar refractivity (Wildman–Crippen MR) is 227 cm³/mol. The summed E-state index contributed by atoms with van der Waals surface area (Å²) in [5.74, 6) is 0.191. The summed E-state index contributed by atoms with van der Waals surface area (Å²) in [6.07, 6.45) is 3.51. The summed E-state index contributed by atoms with van der Waals surface area (Å²) < 4.78 is 0. The molecule has 268 valence electrons. The highest BCUT2D eigenvalue weighted by molar-refractivity contribution is 6.02. The number of rotatable bonds is 5. The molecule has 9 aromatic rings. The largest absolute Gasteiger partial charge is 0.507 e. The van der Waals surface area contributed by atoms with E-state index in [0.29, 0.717) is 11.3 Å². The summed E-state index contributed by atoms with van der Waals surface area (Å²) in [7, 11) is 0. The van der Waals surface area contributed by atoms with Crippen molar-refractivity contribution in [2.75, 3.05) is 0 Å². The number of phenols is 1. The Hall–Kier alpha value is -6.98. The molecular weight excluding hydrogens is 685 g/mol. The van der Waals surface area contributed by atoms with Crippen LogP contribution in [-0.2, 0) is 10.8 Å². The van der Waals surface area contributed by atoms with Crippen LogP contribution in [0.2, 0.25) is 0 Å². The molecule has 0 aliphatic heterocycles. The lowest BCUT2D eigenvalue weighted by atomic mass is 9.68. The fraction of sp³-hybridized carbons (Fsp3) is 0.0980. The minimum atomic E-state index is -0.858. The van der Waals surface area contributed by atoms with Crippen molar-refractivity contribution in [2.24, 2.45) is 0 Å². The number of aromatic nitrogens is 4. The van der Waals surface area contributed by atoms with Gasteiger partial charge in [0.2, 0.25) is 0 Å². The van der Waals surface area contributed by atoms with Gasteiger partial charge < -0.3 is 5.11 Å². The summed E-state index contributed by atoms with van der Waals surface area (Å²) in [6.45, 7) is 6.79. The molecule has 1 aliphatic rings. The van der Waals surface area contributed by atoms with Gasteiger partial charge in [-0.1, -0.05) is 118 Å². The van der Waals surface area contributed by atoms with E-state index >= 15 is 0 Å². The number of hydrogen-bond acceptors (Lipinski definition) is 5. The van der Waals surface area contributed by atoms with Crippen LogP contribution in [-0.4, -0.2) is 25.0 Å². The van der Waals surface area contributed by atoms with Crippen molar-refractivity contribution < 1.29 is 5.11 Å². The molecule has 0 radical (unpaired) electrons. The highest BCUT2D eigenvalue weighted by Gasteiger charge is 2.48. The van der Waals surface area contributed by atoms with Gasteiger partial charge >= 0.3 is 0 Å². The summed E-state index contributed by atoms with van der Waals surface area (Å²) in [5.41, 5.74) is 12.9. The Balaban J connectivity index is 1.31. The smallest absolute Gasteiger partial charge is 0.124 e. The molecule has 1 atom stereocenters. The van der Waals surface area contributed by atoms with E-state index in [1.165, 1.54) is 11.1 Å². The van der Waals surface area contributed by atoms with Gasteiger partial charge in [-0.2, -0.15) is 0 Å². The first-order valence-electron chi connectivity index (χ1n) is 19.0. The molecule has 5 heteroatoms. The molecule has 1 unspecified atom stereocenters. The zero-order valence-corrected chi connectivity index (χ0v) is 31.4.